The zero-order valence-corrected chi connectivity index (χ0v) is 18.2. The van der Waals surface area contributed by atoms with Crippen LogP contribution in [0.5, 0.6) is 11.8 Å². The molecule has 2 heterocycles. The van der Waals surface area contributed by atoms with Crippen molar-refractivity contribution < 1.29 is 9.53 Å². The number of halogens is 1. The van der Waals surface area contributed by atoms with Crippen molar-refractivity contribution in [2.75, 3.05) is 25.0 Å². The number of nitroso groups, excluding NO2 is 1. The van der Waals surface area contributed by atoms with Gasteiger partial charge in [0.05, 0.1) is 0 Å². The molecule has 8 nitrogen and oxygen atoms in total. The SMILES string of the molecule is [B]=C1N(CCCN=O)C(=O)c2c(nc(Oc3ccc(Cl)cc3)n2Cc2ccccc2)N1C. The monoisotopic (exact) mass is 448 g/mol. The molecular formula is C22H20BClN5O3. The van der Waals surface area contributed by atoms with Crippen LogP contribution in [0.1, 0.15) is 22.5 Å². The number of hydrogen-bond donors (Lipinski definition) is 0. The Morgan fingerprint density at radius 2 is 1.84 bits per heavy atom. The number of carbonyl (C=O) groups excluding carboxylic acids is 1. The third-order valence-electron chi connectivity index (χ3n) is 5.14. The number of nitrogens with zero attached hydrogens (tertiary/aromatic N) is 5. The van der Waals surface area contributed by atoms with Crippen LogP contribution >= 0.6 is 11.6 Å². The van der Waals surface area contributed by atoms with E-state index in [0.717, 1.165) is 5.56 Å². The van der Waals surface area contributed by atoms with Crippen LogP contribution in [-0.2, 0) is 6.54 Å². The van der Waals surface area contributed by atoms with E-state index in [0.29, 0.717) is 35.2 Å². The number of aromatic nitrogens is 2. The Kier molecular flexibility index (Phi) is 6.36. The standard InChI is InChI=1S/C22H20BClN5O3/c1-27-19-18(20(30)28(21(27)23)13-5-12-25-31)29(14-15-6-3-2-4-7-15)22(26-19)32-17-10-8-16(24)9-11-17/h2-4,6-11H,5,12-14H2,1H3. The van der Waals surface area contributed by atoms with Gasteiger partial charge in [-0.1, -0.05) is 0 Å². The molecule has 0 spiro atoms. The Balaban J connectivity index is 1.77. The second-order valence-corrected chi connectivity index (χ2v) is 7.71. The molecule has 10 heteroatoms. The maximum absolute atomic E-state index is 13.4. The number of ether oxygens (including phenoxy) is 1. The minimum absolute atomic E-state index is 0.0990. The zero-order valence-electron chi connectivity index (χ0n) is 17.4. The van der Waals surface area contributed by atoms with E-state index in [1.807, 2.05) is 30.3 Å². The van der Waals surface area contributed by atoms with Gasteiger partial charge in [-0.05, 0) is 0 Å². The van der Waals surface area contributed by atoms with Crippen LogP contribution in [0, 0.1) is 4.91 Å². The van der Waals surface area contributed by atoms with Crippen molar-refractivity contribution in [3.63, 3.8) is 0 Å². The molecule has 3 aromatic rings. The van der Waals surface area contributed by atoms with Crippen molar-refractivity contribution in [3.05, 3.63) is 75.8 Å². The first-order chi connectivity index (χ1) is 15.5. The maximum atomic E-state index is 13.4. The number of amides is 1. The van der Waals surface area contributed by atoms with E-state index in [1.54, 1.807) is 40.8 Å². The fourth-order valence-electron chi connectivity index (χ4n) is 3.49. The molecule has 32 heavy (non-hydrogen) atoms. The van der Waals surface area contributed by atoms with E-state index in [1.165, 1.54) is 4.90 Å². The molecule has 0 atom stereocenters. The van der Waals surface area contributed by atoms with Crippen LogP contribution < -0.4 is 9.64 Å². The number of anilines is 1. The molecule has 0 aliphatic carbocycles. The first-order valence-corrected chi connectivity index (χ1v) is 10.4. The molecule has 1 aromatic heterocycles. The molecular weight excluding hydrogens is 429 g/mol. The summed E-state index contributed by atoms with van der Waals surface area (Å²) < 4.78 is 7.78. The number of benzene rings is 2. The van der Waals surface area contributed by atoms with Crippen LogP contribution in [0.25, 0.3) is 0 Å². The van der Waals surface area contributed by atoms with Crippen molar-refractivity contribution in [3.8, 4) is 11.8 Å². The summed E-state index contributed by atoms with van der Waals surface area (Å²) in [7, 11) is 7.96. The van der Waals surface area contributed by atoms with E-state index < -0.39 is 0 Å². The Morgan fingerprint density at radius 3 is 2.53 bits per heavy atom. The molecule has 0 unspecified atom stereocenters. The summed E-state index contributed by atoms with van der Waals surface area (Å²) in [6.45, 7) is 0.737. The van der Waals surface area contributed by atoms with Gasteiger partial charge in [-0.15, -0.1) is 0 Å². The third kappa shape index (κ3) is 4.29. The van der Waals surface area contributed by atoms with E-state index in [9.17, 15) is 9.70 Å². The van der Waals surface area contributed by atoms with Crippen molar-refractivity contribution >= 4 is 36.5 Å². The molecule has 0 fully saturated rings. The number of rotatable bonds is 8. The third-order valence-corrected chi connectivity index (χ3v) is 5.39. The predicted molar refractivity (Wildman–Crippen MR) is 125 cm³/mol. The van der Waals surface area contributed by atoms with Gasteiger partial charge < -0.3 is 0 Å². The Hall–Kier alpha value is -3.46. The summed E-state index contributed by atoms with van der Waals surface area (Å²) in [5.41, 5.74) is 1.56. The van der Waals surface area contributed by atoms with Crippen molar-refractivity contribution in [2.45, 2.75) is 13.0 Å². The first-order valence-electron chi connectivity index (χ1n) is 10.0. The number of hydrogen-bond acceptors (Lipinski definition) is 6. The van der Waals surface area contributed by atoms with Gasteiger partial charge in [0.1, 0.15) is 0 Å². The molecule has 0 N–H and O–H groups in total. The molecule has 1 radical (unpaired) electrons. The molecule has 2 aromatic carbocycles. The zero-order chi connectivity index (χ0) is 22.7. The van der Waals surface area contributed by atoms with Gasteiger partial charge in [0.15, 0.2) is 0 Å². The number of fused-ring (bicyclic) bond motifs is 1. The molecule has 1 amide bonds. The van der Waals surface area contributed by atoms with Crippen LogP contribution in [-0.4, -0.2) is 53.7 Å². The number of imidazole rings is 1. The Bertz CT molecular complexity index is 1150. The van der Waals surface area contributed by atoms with Crippen molar-refractivity contribution in [2.24, 2.45) is 5.18 Å². The summed E-state index contributed by atoms with van der Waals surface area (Å²) in [6, 6.07) is 16.8. The summed E-state index contributed by atoms with van der Waals surface area (Å²) >= 11 is 5.98. The average Bonchev–Trinajstić information content (AvgIpc) is 3.15. The van der Waals surface area contributed by atoms with E-state index in [2.05, 4.69) is 10.2 Å². The summed E-state index contributed by atoms with van der Waals surface area (Å²) in [5.74, 6) is 0.625. The molecule has 0 bridgehead atoms. The van der Waals surface area contributed by atoms with E-state index in [4.69, 9.17) is 23.8 Å². The molecule has 0 saturated carbocycles. The van der Waals surface area contributed by atoms with Gasteiger partial charge in [0.2, 0.25) is 0 Å². The van der Waals surface area contributed by atoms with Crippen LogP contribution in [0.2, 0.25) is 5.02 Å². The van der Waals surface area contributed by atoms with Crippen LogP contribution in [0.15, 0.2) is 59.8 Å². The Labute approximate surface area is 191 Å². The normalized spacial score (nSPS) is 13.3. The summed E-state index contributed by atoms with van der Waals surface area (Å²) in [4.78, 5) is 31.6. The Morgan fingerprint density at radius 1 is 1.12 bits per heavy atom. The molecule has 4 rings (SSSR count). The number of carbonyl (C=O) groups is 1. The van der Waals surface area contributed by atoms with Gasteiger partial charge in [0, 0.05) is 0 Å². The molecule has 1 aliphatic heterocycles. The van der Waals surface area contributed by atoms with Gasteiger partial charge >= 0.3 is 191 Å². The summed E-state index contributed by atoms with van der Waals surface area (Å²) in [6.07, 6.45) is 0.403. The van der Waals surface area contributed by atoms with Gasteiger partial charge in [0.25, 0.3) is 0 Å². The second-order valence-electron chi connectivity index (χ2n) is 7.27. The quantitative estimate of drug-likeness (QED) is 0.298. The predicted octanol–water partition coefficient (Wildman–Crippen LogP) is 3.68. The van der Waals surface area contributed by atoms with Gasteiger partial charge in [-0.25, -0.2) is 0 Å². The van der Waals surface area contributed by atoms with Gasteiger partial charge in [-0.2, -0.15) is 0 Å². The first kappa shape index (κ1) is 21.8. The van der Waals surface area contributed by atoms with Crippen molar-refractivity contribution in [1.82, 2.24) is 14.5 Å². The summed E-state index contributed by atoms with van der Waals surface area (Å²) in [5, 5.41) is 3.45. The van der Waals surface area contributed by atoms with Gasteiger partial charge in [-0.3, -0.25) is 0 Å². The molecule has 161 valence electrons. The minimum atomic E-state index is -0.309. The average molecular weight is 449 g/mol. The second kappa shape index (κ2) is 9.36. The molecule has 1 aliphatic rings. The van der Waals surface area contributed by atoms with Crippen LogP contribution in [0.3, 0.4) is 0 Å². The van der Waals surface area contributed by atoms with E-state index in [-0.39, 0.29) is 30.7 Å². The molecule has 0 saturated heterocycles. The van der Waals surface area contributed by atoms with E-state index >= 15 is 0 Å². The fraction of sp³-hybridized carbons (Fsp3) is 0.227. The fourth-order valence-corrected chi connectivity index (χ4v) is 3.62. The topological polar surface area (TPSA) is 80.0 Å². The van der Waals surface area contributed by atoms with Crippen molar-refractivity contribution in [1.29, 1.82) is 0 Å². The van der Waals surface area contributed by atoms with Crippen LogP contribution in [0.4, 0.5) is 5.82 Å².